The number of aromatic nitrogens is 1. The van der Waals surface area contributed by atoms with Gasteiger partial charge in [-0.15, -0.1) is 0 Å². The Morgan fingerprint density at radius 2 is 1.77 bits per heavy atom. The third-order valence-electron chi connectivity index (χ3n) is 8.85. The maximum atomic E-state index is 14.2. The maximum absolute atomic E-state index is 14.2. The number of phenolic OH excluding ortho intramolecular Hbond substituents is 2. The molecule has 0 fully saturated rings. The second kappa shape index (κ2) is 10.4. The van der Waals surface area contributed by atoms with Crippen LogP contribution in [0.15, 0.2) is 77.8 Å². The number of benzene rings is 3. The van der Waals surface area contributed by atoms with Crippen LogP contribution in [0.4, 0.5) is 0 Å². The zero-order chi connectivity index (χ0) is 31.5. The fraction of sp³-hybridized carbons (Fsp3) is 0.229. The van der Waals surface area contributed by atoms with Gasteiger partial charge in [-0.3, -0.25) is 14.4 Å². The normalized spacial score (nSPS) is 19.2. The summed E-state index contributed by atoms with van der Waals surface area (Å²) in [5.74, 6) is -1.97. The number of hydrogen-bond donors (Lipinski definition) is 4. The predicted octanol–water partition coefficient (Wildman–Crippen LogP) is 5.48. The van der Waals surface area contributed by atoms with Crippen molar-refractivity contribution in [1.29, 1.82) is 0 Å². The number of nitrogens with one attached hydrogen (secondary N) is 2. The van der Waals surface area contributed by atoms with Gasteiger partial charge in [0.05, 0.1) is 18.2 Å². The minimum atomic E-state index is -1.58. The second-order valence-electron chi connectivity index (χ2n) is 11.4. The van der Waals surface area contributed by atoms with Crippen LogP contribution >= 0.6 is 0 Å². The van der Waals surface area contributed by atoms with E-state index in [9.17, 15) is 24.6 Å². The van der Waals surface area contributed by atoms with E-state index in [0.717, 1.165) is 27.8 Å². The molecule has 224 valence electrons. The Bertz CT molecular complexity index is 1950. The fourth-order valence-corrected chi connectivity index (χ4v) is 6.33. The zero-order valence-electron chi connectivity index (χ0n) is 25.0. The molecule has 6 rings (SSSR count). The number of phenols is 2. The van der Waals surface area contributed by atoms with Crippen molar-refractivity contribution in [2.24, 2.45) is 0 Å². The van der Waals surface area contributed by atoms with Gasteiger partial charge in [0, 0.05) is 46.9 Å². The minimum Gasteiger partial charge on any atom is -0.507 e. The summed E-state index contributed by atoms with van der Waals surface area (Å²) >= 11 is 0. The van der Waals surface area contributed by atoms with Crippen molar-refractivity contribution in [2.45, 2.75) is 39.0 Å². The molecule has 2 heterocycles. The standard InChI is InChI=1S/C35H32N2O7/c1-17-31(40)29(19(3)38)33-30(32(17)41)35(4)27(44-33)14-26(39)28(34(35)42)18(2)36-15-23(20-10-12-21(43-5)13-11-20)24-16-37-25-9-7-6-8-22(24)25/h6-14,16,23,36-37,40-41H,15H2,1-5H3/b28-18+/t23-,35+/m1/s1. The van der Waals surface area contributed by atoms with Gasteiger partial charge in [0.25, 0.3) is 0 Å². The molecule has 1 aromatic heterocycles. The number of rotatable bonds is 7. The number of hydrogen-bond acceptors (Lipinski definition) is 8. The van der Waals surface area contributed by atoms with Crippen LogP contribution in [-0.2, 0) is 15.0 Å². The molecule has 9 heteroatoms. The molecule has 0 radical (unpaired) electrons. The van der Waals surface area contributed by atoms with Crippen LogP contribution < -0.4 is 14.8 Å². The summed E-state index contributed by atoms with van der Waals surface area (Å²) in [6, 6.07) is 15.8. The first-order valence-electron chi connectivity index (χ1n) is 14.2. The third-order valence-corrected chi connectivity index (χ3v) is 8.85. The average Bonchev–Trinajstić information content (AvgIpc) is 3.56. The number of ketones is 3. The summed E-state index contributed by atoms with van der Waals surface area (Å²) in [5, 5.41) is 26.1. The number of fused-ring (bicyclic) bond motifs is 4. The van der Waals surface area contributed by atoms with Crippen molar-refractivity contribution in [3.05, 3.63) is 106 Å². The van der Waals surface area contributed by atoms with Gasteiger partial charge in [-0.25, -0.2) is 0 Å². The summed E-state index contributed by atoms with van der Waals surface area (Å²) in [6.07, 6.45) is 3.19. The van der Waals surface area contributed by atoms with Gasteiger partial charge in [-0.1, -0.05) is 30.3 Å². The number of Topliss-reactive ketones (excluding diaryl/α,β-unsaturated/α-hetero) is 2. The number of aromatic hydroxyl groups is 2. The fourth-order valence-electron chi connectivity index (χ4n) is 6.33. The van der Waals surface area contributed by atoms with E-state index in [1.54, 1.807) is 21.0 Å². The van der Waals surface area contributed by atoms with Crippen molar-refractivity contribution in [2.75, 3.05) is 13.7 Å². The number of H-pyrrole nitrogens is 1. The number of carbonyl (C=O) groups is 3. The van der Waals surface area contributed by atoms with Crippen molar-refractivity contribution >= 4 is 28.3 Å². The highest BCUT2D eigenvalue weighted by Gasteiger charge is 2.56. The number of para-hydroxylation sites is 1. The zero-order valence-corrected chi connectivity index (χ0v) is 25.0. The SMILES string of the molecule is COc1ccc([C@@H](CN/C(C)=C2\C(=O)C=C3Oc4c(C(C)=O)c(O)c(C)c(O)c4[C@@]3(C)C2=O)c2c[nH]c3ccccc23)cc1. The molecule has 1 aliphatic carbocycles. The Morgan fingerprint density at radius 3 is 2.45 bits per heavy atom. The summed E-state index contributed by atoms with van der Waals surface area (Å²) in [7, 11) is 1.61. The Labute approximate surface area is 253 Å². The molecule has 3 aromatic carbocycles. The van der Waals surface area contributed by atoms with E-state index in [0.29, 0.717) is 12.2 Å². The molecule has 1 aliphatic heterocycles. The molecule has 44 heavy (non-hydrogen) atoms. The predicted molar refractivity (Wildman–Crippen MR) is 164 cm³/mol. The largest absolute Gasteiger partial charge is 0.507 e. The van der Waals surface area contributed by atoms with Crippen molar-refractivity contribution in [3.8, 4) is 23.0 Å². The van der Waals surface area contributed by atoms with Crippen LogP contribution in [0.1, 0.15) is 59.3 Å². The molecule has 0 saturated carbocycles. The highest BCUT2D eigenvalue weighted by atomic mass is 16.5. The molecule has 0 spiro atoms. The monoisotopic (exact) mass is 592 g/mol. The lowest BCUT2D eigenvalue weighted by molar-refractivity contribution is -0.123. The van der Waals surface area contributed by atoms with E-state index < -0.39 is 28.5 Å². The van der Waals surface area contributed by atoms with E-state index >= 15 is 0 Å². The van der Waals surface area contributed by atoms with Crippen molar-refractivity contribution in [1.82, 2.24) is 10.3 Å². The Kier molecular flexibility index (Phi) is 6.84. The van der Waals surface area contributed by atoms with Crippen LogP contribution in [0.5, 0.6) is 23.0 Å². The average molecular weight is 593 g/mol. The molecule has 2 atom stereocenters. The summed E-state index contributed by atoms with van der Waals surface area (Å²) in [5.41, 5.74) is 1.71. The van der Waals surface area contributed by atoms with Gasteiger partial charge in [0.2, 0.25) is 0 Å². The van der Waals surface area contributed by atoms with Crippen LogP contribution in [0.2, 0.25) is 0 Å². The van der Waals surface area contributed by atoms with Crippen molar-refractivity contribution < 1.29 is 34.1 Å². The van der Waals surface area contributed by atoms with E-state index in [4.69, 9.17) is 9.47 Å². The van der Waals surface area contributed by atoms with E-state index in [-0.39, 0.29) is 45.4 Å². The summed E-state index contributed by atoms with van der Waals surface area (Å²) in [4.78, 5) is 43.5. The van der Waals surface area contributed by atoms with Crippen LogP contribution in [0, 0.1) is 6.92 Å². The van der Waals surface area contributed by atoms with Crippen LogP contribution in [-0.4, -0.2) is 46.2 Å². The highest BCUT2D eigenvalue weighted by Crippen LogP contribution is 2.57. The molecule has 4 N–H and O–H groups in total. The van der Waals surface area contributed by atoms with Crippen LogP contribution in [0.25, 0.3) is 10.9 Å². The summed E-state index contributed by atoms with van der Waals surface area (Å²) < 4.78 is 11.2. The van der Waals surface area contributed by atoms with Crippen molar-refractivity contribution in [3.63, 3.8) is 0 Å². The third kappa shape index (κ3) is 4.18. The quantitative estimate of drug-likeness (QED) is 0.126. The summed E-state index contributed by atoms with van der Waals surface area (Å²) in [6.45, 7) is 6.30. The first kappa shape index (κ1) is 28.8. The second-order valence-corrected chi connectivity index (χ2v) is 11.4. The van der Waals surface area contributed by atoms with Gasteiger partial charge in [-0.05, 0) is 57.0 Å². The number of aromatic amines is 1. The smallest absolute Gasteiger partial charge is 0.194 e. The van der Waals surface area contributed by atoms with Gasteiger partial charge < -0.3 is 30.0 Å². The Hall–Kier alpha value is -5.31. The lowest BCUT2D eigenvalue weighted by Crippen LogP contribution is -2.41. The van der Waals surface area contributed by atoms with E-state index in [2.05, 4.69) is 10.3 Å². The first-order valence-corrected chi connectivity index (χ1v) is 14.2. The topological polar surface area (TPSA) is 138 Å². The van der Waals surface area contributed by atoms with Gasteiger partial charge >= 0.3 is 0 Å². The molecular formula is C35H32N2O7. The lowest BCUT2D eigenvalue weighted by atomic mass is 9.70. The Balaban J connectivity index is 1.41. The van der Waals surface area contributed by atoms with Gasteiger partial charge in [-0.2, -0.15) is 0 Å². The Morgan fingerprint density at radius 1 is 1.07 bits per heavy atom. The first-order chi connectivity index (χ1) is 21.0. The number of ether oxygens (including phenoxy) is 2. The molecule has 0 unspecified atom stereocenters. The molecule has 0 saturated heterocycles. The maximum Gasteiger partial charge on any atom is 0.194 e. The molecule has 0 amide bonds. The molecule has 2 aliphatic rings. The molecule has 0 bridgehead atoms. The van der Waals surface area contributed by atoms with Crippen LogP contribution in [0.3, 0.4) is 0 Å². The molecule has 4 aromatic rings. The van der Waals surface area contributed by atoms with E-state index in [1.807, 2.05) is 54.7 Å². The highest BCUT2D eigenvalue weighted by molar-refractivity contribution is 6.31. The van der Waals surface area contributed by atoms with E-state index in [1.165, 1.54) is 19.9 Å². The number of methoxy groups -OCH3 is 1. The molecule has 9 nitrogen and oxygen atoms in total. The van der Waals surface area contributed by atoms with Gasteiger partial charge in [0.1, 0.15) is 39.7 Å². The minimum absolute atomic E-state index is 0.00301. The molecular weight excluding hydrogens is 560 g/mol. The lowest BCUT2D eigenvalue weighted by Gasteiger charge is -2.29. The number of allylic oxidation sites excluding steroid dienone is 4. The number of carbonyl (C=O) groups excluding carboxylic acids is 3. The van der Waals surface area contributed by atoms with Gasteiger partial charge in [0.15, 0.2) is 17.3 Å².